The van der Waals surface area contributed by atoms with Crippen LogP contribution < -0.4 is 0 Å². The van der Waals surface area contributed by atoms with Crippen LogP contribution >= 0.6 is 0 Å². The summed E-state index contributed by atoms with van der Waals surface area (Å²) in [6.07, 6.45) is 4.36. The molecule has 3 aliphatic rings. The fourth-order valence-corrected chi connectivity index (χ4v) is 4.28. The van der Waals surface area contributed by atoms with E-state index in [0.717, 1.165) is 32.3 Å². The molecule has 1 amide bonds. The standard InChI is InChI=1S/C15H23NO4/c1-14(5-3-7-20-10-14)12(17)16-8-11-4-2-6-15(11,9-16)13(18)19/h11H,2-10H2,1H3,(H,18,19)/t11-,14?,15+/m0/s1. The molecule has 20 heavy (non-hydrogen) atoms. The van der Waals surface area contributed by atoms with Crippen molar-refractivity contribution in [3.63, 3.8) is 0 Å². The predicted molar refractivity (Wildman–Crippen MR) is 72.1 cm³/mol. The lowest BCUT2D eigenvalue weighted by atomic mass is 9.81. The molecule has 112 valence electrons. The summed E-state index contributed by atoms with van der Waals surface area (Å²) < 4.78 is 5.47. The van der Waals surface area contributed by atoms with E-state index in [1.165, 1.54) is 0 Å². The Hall–Kier alpha value is -1.10. The first-order valence-electron chi connectivity index (χ1n) is 7.58. The third-order valence-corrected chi connectivity index (χ3v) is 5.54. The Morgan fingerprint density at radius 2 is 2.10 bits per heavy atom. The molecule has 0 radical (unpaired) electrons. The molecule has 2 heterocycles. The molecule has 1 N–H and O–H groups in total. The molecule has 2 saturated heterocycles. The highest BCUT2D eigenvalue weighted by Gasteiger charge is 2.57. The normalized spacial score (nSPS) is 40.6. The number of likely N-dealkylation sites (tertiary alicyclic amines) is 1. The van der Waals surface area contributed by atoms with Crippen LogP contribution in [0.3, 0.4) is 0 Å². The minimum atomic E-state index is -0.722. The van der Waals surface area contributed by atoms with Gasteiger partial charge in [0.1, 0.15) is 0 Å². The van der Waals surface area contributed by atoms with Gasteiger partial charge in [0.25, 0.3) is 0 Å². The summed E-state index contributed by atoms with van der Waals surface area (Å²) in [5.41, 5.74) is -1.14. The van der Waals surface area contributed by atoms with Gasteiger partial charge in [-0.3, -0.25) is 9.59 Å². The molecule has 1 saturated carbocycles. The van der Waals surface area contributed by atoms with Crippen molar-refractivity contribution in [2.75, 3.05) is 26.3 Å². The first-order chi connectivity index (χ1) is 9.48. The number of carbonyl (C=O) groups excluding carboxylic acids is 1. The molecule has 3 atom stereocenters. The second-order valence-corrected chi connectivity index (χ2v) is 6.95. The Kier molecular flexibility index (Phi) is 3.27. The van der Waals surface area contributed by atoms with Crippen LogP contribution in [0.2, 0.25) is 0 Å². The van der Waals surface area contributed by atoms with E-state index in [-0.39, 0.29) is 11.8 Å². The van der Waals surface area contributed by atoms with Gasteiger partial charge in [-0.2, -0.15) is 0 Å². The van der Waals surface area contributed by atoms with Gasteiger partial charge in [0.2, 0.25) is 5.91 Å². The summed E-state index contributed by atoms with van der Waals surface area (Å²) in [6.45, 7) is 4.15. The van der Waals surface area contributed by atoms with E-state index in [9.17, 15) is 14.7 Å². The zero-order chi connectivity index (χ0) is 14.4. The fourth-order valence-electron chi connectivity index (χ4n) is 4.28. The summed E-state index contributed by atoms with van der Waals surface area (Å²) >= 11 is 0. The van der Waals surface area contributed by atoms with E-state index in [1.54, 1.807) is 4.90 Å². The van der Waals surface area contributed by atoms with Gasteiger partial charge in [0.05, 0.1) is 17.4 Å². The Morgan fingerprint density at radius 1 is 1.30 bits per heavy atom. The highest BCUT2D eigenvalue weighted by molar-refractivity contribution is 5.85. The van der Waals surface area contributed by atoms with Crippen LogP contribution in [0.5, 0.6) is 0 Å². The van der Waals surface area contributed by atoms with E-state index < -0.39 is 16.8 Å². The molecule has 0 aromatic carbocycles. The molecule has 5 nitrogen and oxygen atoms in total. The van der Waals surface area contributed by atoms with E-state index >= 15 is 0 Å². The van der Waals surface area contributed by atoms with Gasteiger partial charge in [-0.1, -0.05) is 6.42 Å². The summed E-state index contributed by atoms with van der Waals surface area (Å²) in [4.78, 5) is 26.2. The Morgan fingerprint density at radius 3 is 2.70 bits per heavy atom. The molecule has 0 aromatic rings. The van der Waals surface area contributed by atoms with Crippen LogP contribution in [0.4, 0.5) is 0 Å². The maximum absolute atomic E-state index is 12.8. The van der Waals surface area contributed by atoms with Crippen molar-refractivity contribution >= 4 is 11.9 Å². The topological polar surface area (TPSA) is 66.8 Å². The number of ether oxygens (including phenoxy) is 1. The number of carboxylic acids is 1. The highest BCUT2D eigenvalue weighted by Crippen LogP contribution is 2.49. The van der Waals surface area contributed by atoms with Crippen LogP contribution in [0.25, 0.3) is 0 Å². The van der Waals surface area contributed by atoms with Crippen LogP contribution in [0, 0.1) is 16.7 Å². The molecule has 5 heteroatoms. The Balaban J connectivity index is 1.76. The summed E-state index contributed by atoms with van der Waals surface area (Å²) in [7, 11) is 0. The molecule has 0 spiro atoms. The molecule has 2 aliphatic heterocycles. The monoisotopic (exact) mass is 281 g/mol. The van der Waals surface area contributed by atoms with E-state index in [0.29, 0.717) is 26.1 Å². The lowest BCUT2D eigenvalue weighted by Gasteiger charge is -2.36. The second kappa shape index (κ2) is 4.72. The van der Waals surface area contributed by atoms with Crippen molar-refractivity contribution in [2.24, 2.45) is 16.7 Å². The van der Waals surface area contributed by atoms with Crippen LogP contribution in [-0.4, -0.2) is 48.2 Å². The molecule has 1 aliphatic carbocycles. The Labute approximate surface area is 119 Å². The fraction of sp³-hybridized carbons (Fsp3) is 0.867. The number of nitrogens with zero attached hydrogens (tertiary/aromatic N) is 1. The number of fused-ring (bicyclic) bond motifs is 1. The SMILES string of the molecule is CC1(C(=O)N2C[C@@H]3CCC[C@@]3(C(=O)O)C2)CCCOC1. The van der Waals surface area contributed by atoms with Gasteiger partial charge in [-0.15, -0.1) is 0 Å². The molecule has 3 rings (SSSR count). The second-order valence-electron chi connectivity index (χ2n) is 6.95. The van der Waals surface area contributed by atoms with Crippen molar-refractivity contribution in [2.45, 2.75) is 39.0 Å². The minimum Gasteiger partial charge on any atom is -0.481 e. The van der Waals surface area contributed by atoms with Gasteiger partial charge >= 0.3 is 5.97 Å². The van der Waals surface area contributed by atoms with Gasteiger partial charge in [0.15, 0.2) is 0 Å². The lowest BCUT2D eigenvalue weighted by molar-refractivity contribution is -0.151. The summed E-state index contributed by atoms with van der Waals surface area (Å²) in [5, 5.41) is 9.59. The number of amides is 1. The maximum atomic E-state index is 12.8. The third kappa shape index (κ3) is 1.94. The molecule has 1 unspecified atom stereocenters. The van der Waals surface area contributed by atoms with Gasteiger partial charge < -0.3 is 14.7 Å². The largest absolute Gasteiger partial charge is 0.481 e. The number of hydrogen-bond acceptors (Lipinski definition) is 3. The van der Waals surface area contributed by atoms with E-state index in [4.69, 9.17) is 4.74 Å². The molecule has 0 aromatic heterocycles. The zero-order valence-corrected chi connectivity index (χ0v) is 12.1. The van der Waals surface area contributed by atoms with E-state index in [1.807, 2.05) is 6.92 Å². The van der Waals surface area contributed by atoms with Crippen LogP contribution in [-0.2, 0) is 14.3 Å². The molecule has 3 fully saturated rings. The van der Waals surface area contributed by atoms with Crippen molar-refractivity contribution in [3.8, 4) is 0 Å². The summed E-state index contributed by atoms with van der Waals surface area (Å²) in [5.74, 6) is -0.496. The zero-order valence-electron chi connectivity index (χ0n) is 12.1. The van der Waals surface area contributed by atoms with Crippen molar-refractivity contribution < 1.29 is 19.4 Å². The average Bonchev–Trinajstić information content (AvgIpc) is 2.96. The van der Waals surface area contributed by atoms with Gasteiger partial charge in [-0.25, -0.2) is 0 Å². The average molecular weight is 281 g/mol. The number of aliphatic carboxylic acids is 1. The highest BCUT2D eigenvalue weighted by atomic mass is 16.5. The first-order valence-corrected chi connectivity index (χ1v) is 7.58. The van der Waals surface area contributed by atoms with Crippen molar-refractivity contribution in [1.29, 1.82) is 0 Å². The van der Waals surface area contributed by atoms with Gasteiger partial charge in [-0.05, 0) is 38.5 Å². The van der Waals surface area contributed by atoms with Gasteiger partial charge in [0, 0.05) is 19.7 Å². The minimum absolute atomic E-state index is 0.0900. The van der Waals surface area contributed by atoms with E-state index in [2.05, 4.69) is 0 Å². The smallest absolute Gasteiger partial charge is 0.311 e. The quantitative estimate of drug-likeness (QED) is 0.833. The van der Waals surface area contributed by atoms with Crippen molar-refractivity contribution in [1.82, 2.24) is 4.90 Å². The summed E-state index contributed by atoms with van der Waals surface area (Å²) in [6, 6.07) is 0. The number of carboxylic acid groups (broad SMARTS) is 1. The lowest BCUT2D eigenvalue weighted by Crippen LogP contribution is -2.47. The maximum Gasteiger partial charge on any atom is 0.311 e. The van der Waals surface area contributed by atoms with Crippen LogP contribution in [0.1, 0.15) is 39.0 Å². The third-order valence-electron chi connectivity index (χ3n) is 5.54. The number of hydrogen-bond donors (Lipinski definition) is 1. The number of rotatable bonds is 2. The van der Waals surface area contributed by atoms with Crippen LogP contribution in [0.15, 0.2) is 0 Å². The molecular formula is C15H23NO4. The first kappa shape index (κ1) is 13.9. The number of carbonyl (C=O) groups is 2. The Bertz CT molecular complexity index is 430. The predicted octanol–water partition coefficient (Wildman–Crippen LogP) is 1.52. The molecular weight excluding hydrogens is 258 g/mol. The van der Waals surface area contributed by atoms with Crippen molar-refractivity contribution in [3.05, 3.63) is 0 Å². The molecule has 0 bridgehead atoms.